The summed E-state index contributed by atoms with van der Waals surface area (Å²) in [5.74, 6) is 1.18. The summed E-state index contributed by atoms with van der Waals surface area (Å²) in [4.78, 5) is 0. The third-order valence-corrected chi connectivity index (χ3v) is 3.24. The molecule has 1 saturated heterocycles. The minimum Gasteiger partial charge on any atom is -0.479 e. The van der Waals surface area contributed by atoms with Crippen molar-refractivity contribution < 1.29 is 4.74 Å². The van der Waals surface area contributed by atoms with Crippen molar-refractivity contribution in [3.8, 4) is 0 Å². The molecule has 1 aliphatic rings. The van der Waals surface area contributed by atoms with Gasteiger partial charge in [0.05, 0.1) is 0 Å². The SMILES string of the molecule is CC(C)(C)/C=C1/OC1(C(C)(C)C)C(C)(C)C. The Labute approximate surface area is 101 Å². The number of epoxide rings is 1. The molecule has 1 heterocycles. The van der Waals surface area contributed by atoms with Gasteiger partial charge in [0.15, 0.2) is 5.60 Å². The van der Waals surface area contributed by atoms with Gasteiger partial charge >= 0.3 is 0 Å². The van der Waals surface area contributed by atoms with E-state index in [2.05, 4.69) is 68.4 Å². The highest BCUT2D eigenvalue weighted by molar-refractivity contribution is 5.34. The van der Waals surface area contributed by atoms with Crippen LogP contribution in [0.4, 0.5) is 0 Å². The molecule has 16 heavy (non-hydrogen) atoms. The summed E-state index contributed by atoms with van der Waals surface area (Å²) >= 11 is 0. The van der Waals surface area contributed by atoms with Gasteiger partial charge < -0.3 is 4.74 Å². The molecule has 94 valence electrons. The van der Waals surface area contributed by atoms with E-state index in [1.807, 2.05) is 0 Å². The Balaban J connectivity index is 3.14. The van der Waals surface area contributed by atoms with Crippen molar-refractivity contribution in [1.29, 1.82) is 0 Å². The maximum Gasteiger partial charge on any atom is 0.174 e. The second kappa shape index (κ2) is 3.27. The molecule has 0 aliphatic carbocycles. The van der Waals surface area contributed by atoms with E-state index in [0.717, 1.165) is 0 Å². The third-order valence-electron chi connectivity index (χ3n) is 3.24. The molecular weight excluding hydrogens is 196 g/mol. The molecule has 1 fully saturated rings. The van der Waals surface area contributed by atoms with Crippen LogP contribution in [-0.2, 0) is 4.74 Å². The van der Waals surface area contributed by atoms with Crippen molar-refractivity contribution in [2.24, 2.45) is 16.2 Å². The van der Waals surface area contributed by atoms with Gasteiger partial charge in [0.1, 0.15) is 5.76 Å². The van der Waals surface area contributed by atoms with Crippen LogP contribution in [0.15, 0.2) is 11.8 Å². The van der Waals surface area contributed by atoms with Gasteiger partial charge in [-0.15, -0.1) is 0 Å². The van der Waals surface area contributed by atoms with Crippen LogP contribution in [0.25, 0.3) is 0 Å². The highest BCUT2D eigenvalue weighted by atomic mass is 16.6. The Bertz CT molecular complexity index is 288. The van der Waals surface area contributed by atoms with Gasteiger partial charge in [-0.1, -0.05) is 62.3 Å². The van der Waals surface area contributed by atoms with E-state index < -0.39 is 0 Å². The number of rotatable bonds is 0. The Hall–Kier alpha value is -0.460. The van der Waals surface area contributed by atoms with Gasteiger partial charge in [-0.3, -0.25) is 0 Å². The molecule has 0 bridgehead atoms. The molecule has 0 aromatic rings. The molecule has 0 radical (unpaired) electrons. The predicted octanol–water partition coefficient (Wildman–Crippen LogP) is 4.78. The fraction of sp³-hybridized carbons (Fsp3) is 0.867. The van der Waals surface area contributed by atoms with Crippen molar-refractivity contribution in [2.75, 3.05) is 0 Å². The lowest BCUT2D eigenvalue weighted by Gasteiger charge is -2.36. The average Bonchev–Trinajstić information content (AvgIpc) is 2.54. The van der Waals surface area contributed by atoms with E-state index in [1.165, 1.54) is 5.76 Å². The zero-order valence-electron chi connectivity index (χ0n) is 12.5. The standard InChI is InChI=1S/C15H28O/c1-12(2,3)10-11-15(16-11,13(4,5)6)14(7,8)9/h10H,1-9H3/b11-10+. The molecule has 0 unspecified atom stereocenters. The molecule has 1 nitrogen and oxygen atoms in total. The van der Waals surface area contributed by atoms with Gasteiger partial charge in [0.2, 0.25) is 0 Å². The zero-order valence-corrected chi connectivity index (χ0v) is 12.5. The smallest absolute Gasteiger partial charge is 0.174 e. The molecule has 0 atom stereocenters. The summed E-state index contributed by atoms with van der Waals surface area (Å²) in [5, 5.41) is 0. The average molecular weight is 224 g/mol. The monoisotopic (exact) mass is 224 g/mol. The fourth-order valence-corrected chi connectivity index (χ4v) is 2.83. The molecule has 1 heteroatoms. The molecule has 0 aromatic carbocycles. The van der Waals surface area contributed by atoms with Crippen LogP contribution in [0.1, 0.15) is 62.3 Å². The summed E-state index contributed by atoms with van der Waals surface area (Å²) in [5.41, 5.74) is 0.380. The Morgan fingerprint density at radius 1 is 0.812 bits per heavy atom. The summed E-state index contributed by atoms with van der Waals surface area (Å²) in [7, 11) is 0. The zero-order chi connectivity index (χ0) is 13.0. The summed E-state index contributed by atoms with van der Waals surface area (Å²) in [6.45, 7) is 20.3. The normalized spacial score (nSPS) is 23.2. The number of allylic oxidation sites excluding steroid dienone is 1. The van der Waals surface area contributed by atoms with Crippen LogP contribution in [-0.4, -0.2) is 5.60 Å². The maximum atomic E-state index is 6.07. The molecule has 0 saturated carbocycles. The van der Waals surface area contributed by atoms with Crippen LogP contribution >= 0.6 is 0 Å². The molecular formula is C15H28O. The number of ether oxygens (including phenoxy) is 1. The third kappa shape index (κ3) is 2.14. The molecule has 0 N–H and O–H groups in total. The van der Waals surface area contributed by atoms with E-state index in [-0.39, 0.29) is 21.8 Å². The molecule has 1 rings (SSSR count). The Morgan fingerprint density at radius 3 is 1.38 bits per heavy atom. The highest BCUT2D eigenvalue weighted by Gasteiger charge is 2.67. The van der Waals surface area contributed by atoms with Crippen molar-refractivity contribution >= 4 is 0 Å². The quantitative estimate of drug-likeness (QED) is 0.540. The first-order valence-corrected chi connectivity index (χ1v) is 6.24. The topological polar surface area (TPSA) is 12.5 Å². The molecule has 0 aromatic heterocycles. The van der Waals surface area contributed by atoms with E-state index >= 15 is 0 Å². The summed E-state index contributed by atoms with van der Waals surface area (Å²) < 4.78 is 6.07. The number of hydrogen-bond acceptors (Lipinski definition) is 1. The second-order valence-corrected chi connectivity index (χ2v) is 8.16. The van der Waals surface area contributed by atoms with Crippen LogP contribution in [0, 0.1) is 16.2 Å². The van der Waals surface area contributed by atoms with Gasteiger partial charge in [-0.05, 0) is 11.5 Å². The molecule has 0 amide bonds. The first-order chi connectivity index (χ1) is 6.81. The van der Waals surface area contributed by atoms with Gasteiger partial charge in [-0.25, -0.2) is 0 Å². The summed E-state index contributed by atoms with van der Waals surface area (Å²) in [6.07, 6.45) is 2.28. The van der Waals surface area contributed by atoms with Crippen molar-refractivity contribution in [2.45, 2.75) is 67.9 Å². The van der Waals surface area contributed by atoms with E-state index in [1.54, 1.807) is 0 Å². The van der Waals surface area contributed by atoms with Crippen molar-refractivity contribution in [1.82, 2.24) is 0 Å². The molecule has 1 aliphatic heterocycles. The minimum atomic E-state index is -0.0900. The van der Waals surface area contributed by atoms with Gasteiger partial charge in [0, 0.05) is 10.8 Å². The van der Waals surface area contributed by atoms with Gasteiger partial charge in [-0.2, -0.15) is 0 Å². The first-order valence-electron chi connectivity index (χ1n) is 6.24. The van der Waals surface area contributed by atoms with Crippen LogP contribution < -0.4 is 0 Å². The van der Waals surface area contributed by atoms with Crippen molar-refractivity contribution in [3.63, 3.8) is 0 Å². The lowest BCUT2D eigenvalue weighted by molar-refractivity contribution is 0.0488. The van der Waals surface area contributed by atoms with Crippen molar-refractivity contribution in [3.05, 3.63) is 11.8 Å². The van der Waals surface area contributed by atoms with Crippen LogP contribution in [0.3, 0.4) is 0 Å². The molecule has 0 spiro atoms. The first kappa shape index (κ1) is 13.6. The maximum absolute atomic E-state index is 6.07. The van der Waals surface area contributed by atoms with E-state index in [9.17, 15) is 0 Å². The summed E-state index contributed by atoms with van der Waals surface area (Å²) in [6, 6.07) is 0. The predicted molar refractivity (Wildman–Crippen MR) is 70.3 cm³/mol. The largest absolute Gasteiger partial charge is 0.479 e. The Kier molecular flexibility index (Phi) is 2.78. The van der Waals surface area contributed by atoms with E-state index in [0.29, 0.717) is 0 Å². The fourth-order valence-electron chi connectivity index (χ4n) is 2.83. The van der Waals surface area contributed by atoms with E-state index in [4.69, 9.17) is 4.74 Å². The van der Waals surface area contributed by atoms with Crippen LogP contribution in [0.5, 0.6) is 0 Å². The second-order valence-electron chi connectivity index (χ2n) is 8.16. The lowest BCUT2D eigenvalue weighted by atomic mass is 9.65. The highest BCUT2D eigenvalue weighted by Crippen LogP contribution is 2.63. The Morgan fingerprint density at radius 2 is 1.19 bits per heavy atom. The van der Waals surface area contributed by atoms with Gasteiger partial charge in [0.25, 0.3) is 0 Å². The van der Waals surface area contributed by atoms with Crippen LogP contribution in [0.2, 0.25) is 0 Å². The number of hydrogen-bond donors (Lipinski definition) is 0. The lowest BCUT2D eigenvalue weighted by Crippen LogP contribution is -2.41. The minimum absolute atomic E-state index is 0.0900.